The minimum atomic E-state index is -2.99. The number of hydrogen-bond acceptors (Lipinski definition) is 7. The number of aliphatic imine (C=N–C) groups is 1. The molecule has 0 saturated carbocycles. The van der Waals surface area contributed by atoms with E-state index in [1.807, 2.05) is 0 Å². The average Bonchev–Trinajstić information content (AvgIpc) is 3.23. The number of alkyl carbamates (subject to hydrolysis) is 1. The van der Waals surface area contributed by atoms with Crippen molar-refractivity contribution in [1.29, 1.82) is 0 Å². The van der Waals surface area contributed by atoms with E-state index >= 15 is 4.39 Å². The number of amides is 2. The lowest BCUT2D eigenvalue weighted by Crippen LogP contribution is -2.64. The summed E-state index contributed by atoms with van der Waals surface area (Å²) in [6, 6.07) is 3.03. The van der Waals surface area contributed by atoms with Crippen molar-refractivity contribution in [3.63, 3.8) is 0 Å². The quantitative estimate of drug-likeness (QED) is 0.555. The minimum absolute atomic E-state index is 0.132. The molecule has 3 aliphatic rings. The molecule has 0 spiro atoms. The Morgan fingerprint density at radius 3 is 2.55 bits per heavy atom. The van der Waals surface area contributed by atoms with E-state index in [9.17, 15) is 13.8 Å². The lowest BCUT2D eigenvalue weighted by atomic mass is 9.76. The van der Waals surface area contributed by atoms with Crippen molar-refractivity contribution in [1.82, 2.24) is 15.6 Å². The molecule has 1 aromatic rings. The molecule has 0 radical (unpaired) electrons. The van der Waals surface area contributed by atoms with Crippen LogP contribution in [0.1, 0.15) is 58.5 Å². The number of carbonyl (C=O) groups is 2. The number of amidine groups is 1. The normalized spacial score (nSPS) is 31.8. The van der Waals surface area contributed by atoms with Crippen LogP contribution in [0.2, 0.25) is 5.02 Å². The van der Waals surface area contributed by atoms with E-state index in [2.05, 4.69) is 20.0 Å². The Morgan fingerprint density at radius 2 is 1.92 bits per heavy atom. The van der Waals surface area contributed by atoms with Crippen molar-refractivity contribution in [2.75, 3.05) is 6.54 Å². The summed E-state index contributed by atoms with van der Waals surface area (Å²) in [5.41, 5.74) is -1.50. The number of pyridine rings is 1. The summed E-state index contributed by atoms with van der Waals surface area (Å²) in [5.74, 6) is -1.25. The highest BCUT2D eigenvalue weighted by Gasteiger charge is 2.60. The molecule has 0 saturated heterocycles. The van der Waals surface area contributed by atoms with Crippen LogP contribution in [0.5, 0.6) is 0 Å². The third kappa shape index (κ3) is 5.10. The van der Waals surface area contributed by atoms with Crippen LogP contribution in [0, 0.1) is 5.92 Å². The van der Waals surface area contributed by atoms with Gasteiger partial charge in [0.05, 0.1) is 25.5 Å². The fraction of sp³-hybridized carbons (Fsp3) is 0.538. The molecule has 3 heterocycles. The molecule has 5 atom stereocenters. The molecule has 0 aromatic carbocycles. The number of halogens is 2. The molecule has 2 amide bonds. The fourth-order valence-corrected chi connectivity index (χ4v) is 8.44. The molecule has 38 heavy (non-hydrogen) atoms. The first kappa shape index (κ1) is 28.2. The van der Waals surface area contributed by atoms with Crippen molar-refractivity contribution >= 4 is 39.2 Å². The van der Waals surface area contributed by atoms with Crippen LogP contribution in [0.3, 0.4) is 0 Å². The standard InChI is InChI=1S/C26H33ClFN5O4S/c1-24(2,3)37-23(35)32-22-25(4,5)38(36)20(11-12-30-38)26(6,33-22)17-13-16(8-9-18(17)28)31-21(34)19-10-7-15(27)14-29-19/h7-10,13-14,17-18,20H,11-12H2,1-6H3,(H,31,34)(H,32,33,35)/t17?,18?,20-,26+,38+/m0/s1. The number of nitrogens with one attached hydrogen (secondary N) is 2. The summed E-state index contributed by atoms with van der Waals surface area (Å²) >= 11 is 5.86. The number of allylic oxidation sites excluding steroid dienone is 2. The maximum Gasteiger partial charge on any atom is 0.413 e. The van der Waals surface area contributed by atoms with Gasteiger partial charge in [-0.05, 0) is 72.2 Å². The first-order valence-electron chi connectivity index (χ1n) is 12.4. The lowest BCUT2D eigenvalue weighted by molar-refractivity contribution is 0.0560. The lowest BCUT2D eigenvalue weighted by Gasteiger charge is -2.48. The molecule has 4 rings (SSSR count). The number of hydrogen-bond donors (Lipinski definition) is 2. The van der Waals surface area contributed by atoms with Gasteiger partial charge in [0.2, 0.25) is 0 Å². The fourth-order valence-electron chi connectivity index (χ4n) is 5.08. The molecular weight excluding hydrogens is 533 g/mol. The Kier molecular flexibility index (Phi) is 7.24. The summed E-state index contributed by atoms with van der Waals surface area (Å²) < 4.78 is 38.8. The number of alkyl halides is 1. The number of fused-ring (bicyclic) bond motifs is 1. The van der Waals surface area contributed by atoms with Crippen molar-refractivity contribution < 1.29 is 22.9 Å². The third-order valence-electron chi connectivity index (χ3n) is 7.04. The second-order valence-corrected chi connectivity index (χ2v) is 14.7. The highest BCUT2D eigenvalue weighted by Crippen LogP contribution is 2.48. The predicted molar refractivity (Wildman–Crippen MR) is 145 cm³/mol. The summed E-state index contributed by atoms with van der Waals surface area (Å²) in [5, 5.41) is 5.25. The highest BCUT2D eigenvalue weighted by molar-refractivity contribution is 7.96. The van der Waals surface area contributed by atoms with Gasteiger partial charge in [0.15, 0.2) is 0 Å². The molecule has 0 bridgehead atoms. The van der Waals surface area contributed by atoms with Gasteiger partial charge >= 0.3 is 6.09 Å². The molecule has 1 aromatic heterocycles. The Balaban J connectivity index is 1.72. The minimum Gasteiger partial charge on any atom is -0.444 e. The third-order valence-corrected chi connectivity index (χ3v) is 11.0. The molecular formula is C26H33ClFN5O4S. The van der Waals surface area contributed by atoms with E-state index < -0.39 is 55.0 Å². The predicted octanol–water partition coefficient (Wildman–Crippen LogP) is 4.59. The number of carbonyl (C=O) groups excluding carboxylic acids is 2. The monoisotopic (exact) mass is 565 g/mol. The highest BCUT2D eigenvalue weighted by atomic mass is 35.5. The summed E-state index contributed by atoms with van der Waals surface area (Å²) in [7, 11) is -2.99. The van der Waals surface area contributed by atoms with Gasteiger partial charge in [0, 0.05) is 24.4 Å². The molecule has 9 nitrogen and oxygen atoms in total. The van der Waals surface area contributed by atoms with Crippen LogP contribution >= 0.6 is 11.6 Å². The van der Waals surface area contributed by atoms with E-state index in [1.54, 1.807) is 53.7 Å². The van der Waals surface area contributed by atoms with Gasteiger partial charge in [0.25, 0.3) is 5.91 Å². The number of rotatable bonds is 3. The van der Waals surface area contributed by atoms with Gasteiger partial charge in [-0.25, -0.2) is 22.7 Å². The van der Waals surface area contributed by atoms with Crippen LogP contribution in [0.4, 0.5) is 9.18 Å². The molecule has 2 unspecified atom stereocenters. The van der Waals surface area contributed by atoms with E-state index in [0.717, 1.165) is 0 Å². The first-order valence-corrected chi connectivity index (χ1v) is 14.3. The molecule has 2 aliphatic heterocycles. The van der Waals surface area contributed by atoms with Gasteiger partial charge in [-0.2, -0.15) is 0 Å². The van der Waals surface area contributed by atoms with Gasteiger partial charge in [-0.1, -0.05) is 17.7 Å². The zero-order valence-electron chi connectivity index (χ0n) is 22.2. The molecule has 2 N–H and O–H groups in total. The Labute approximate surface area is 227 Å². The SMILES string of the molecule is CC(C)(C)OC(=O)NC1=N[C@](C)(C2C=C(NC(=O)c3ccc(Cl)cn3)C=CC2F)[C@@H]2CCN=[S@]2(=O)C1(C)C. The van der Waals surface area contributed by atoms with Crippen LogP contribution in [0.15, 0.2) is 51.6 Å². The first-order chi connectivity index (χ1) is 17.6. The molecule has 1 aliphatic carbocycles. The summed E-state index contributed by atoms with van der Waals surface area (Å²) in [6.07, 6.45) is 4.00. The van der Waals surface area contributed by atoms with Crippen molar-refractivity contribution in [3.8, 4) is 0 Å². The summed E-state index contributed by atoms with van der Waals surface area (Å²) in [6.45, 7) is 10.7. The molecule has 12 heteroatoms. The van der Waals surface area contributed by atoms with Crippen LogP contribution in [-0.2, 0) is 14.5 Å². The van der Waals surface area contributed by atoms with Gasteiger partial charge < -0.3 is 10.1 Å². The summed E-state index contributed by atoms with van der Waals surface area (Å²) in [4.78, 5) is 34.3. The number of ether oxygens (including phenoxy) is 1. The van der Waals surface area contributed by atoms with Gasteiger partial charge in [-0.15, -0.1) is 0 Å². The van der Waals surface area contributed by atoms with E-state index in [4.69, 9.17) is 21.3 Å². The second-order valence-electron chi connectivity index (χ2n) is 11.3. The second kappa shape index (κ2) is 9.75. The van der Waals surface area contributed by atoms with Gasteiger partial charge in [0.1, 0.15) is 28.0 Å². The Hall–Kier alpha value is -2.79. The Bertz CT molecular complexity index is 1360. The zero-order valence-corrected chi connectivity index (χ0v) is 23.8. The number of nitrogens with zero attached hydrogens (tertiary/aromatic N) is 3. The maximum absolute atomic E-state index is 15.6. The van der Waals surface area contributed by atoms with Crippen LogP contribution in [-0.4, -0.2) is 60.9 Å². The van der Waals surface area contributed by atoms with Crippen LogP contribution < -0.4 is 10.6 Å². The zero-order chi connectivity index (χ0) is 28.1. The largest absolute Gasteiger partial charge is 0.444 e. The van der Waals surface area contributed by atoms with Crippen LogP contribution in [0.25, 0.3) is 0 Å². The van der Waals surface area contributed by atoms with Crippen molar-refractivity contribution in [2.45, 2.75) is 75.3 Å². The van der Waals surface area contributed by atoms with E-state index in [1.165, 1.54) is 24.4 Å². The van der Waals surface area contributed by atoms with E-state index in [0.29, 0.717) is 23.7 Å². The Morgan fingerprint density at radius 1 is 1.21 bits per heavy atom. The van der Waals surface area contributed by atoms with Crippen molar-refractivity contribution in [2.24, 2.45) is 15.3 Å². The van der Waals surface area contributed by atoms with E-state index in [-0.39, 0.29) is 11.5 Å². The van der Waals surface area contributed by atoms with Crippen molar-refractivity contribution in [3.05, 3.63) is 53.0 Å². The average molecular weight is 566 g/mol. The maximum atomic E-state index is 15.6. The topological polar surface area (TPSA) is 122 Å². The molecule has 0 fully saturated rings. The smallest absolute Gasteiger partial charge is 0.413 e. The molecule has 206 valence electrons. The van der Waals surface area contributed by atoms with Gasteiger partial charge in [-0.3, -0.25) is 15.1 Å². The number of aromatic nitrogens is 1.